The summed E-state index contributed by atoms with van der Waals surface area (Å²) in [6.45, 7) is 1.71. The minimum atomic E-state index is -0.541. The number of nitro benzene ring substituents is 1. The Balaban J connectivity index is 2.56. The van der Waals surface area contributed by atoms with Crippen molar-refractivity contribution in [2.24, 2.45) is 0 Å². The number of non-ortho nitro benzene ring substituents is 1. The second-order valence-electron chi connectivity index (χ2n) is 4.07. The van der Waals surface area contributed by atoms with E-state index >= 15 is 0 Å². The minimum Gasteiger partial charge on any atom is -0.324 e. The first-order chi connectivity index (χ1) is 8.52. The number of fused-ring (bicyclic) bond motifs is 1. The summed E-state index contributed by atoms with van der Waals surface area (Å²) in [7, 11) is 0. The van der Waals surface area contributed by atoms with E-state index in [1.165, 1.54) is 23.1 Å². The first-order valence-electron chi connectivity index (χ1n) is 5.35. The molecule has 7 heteroatoms. The molecule has 0 spiro atoms. The highest BCUT2D eigenvalue weighted by molar-refractivity contribution is 6.00. The van der Waals surface area contributed by atoms with E-state index in [9.17, 15) is 19.7 Å². The average Bonchev–Trinajstić information content (AvgIpc) is 2.42. The molecule has 1 atom stereocenters. The maximum absolute atomic E-state index is 11.5. The second kappa shape index (κ2) is 4.44. The number of benzene rings is 1. The largest absolute Gasteiger partial charge is 0.324 e. The van der Waals surface area contributed by atoms with Gasteiger partial charge in [0, 0.05) is 24.6 Å². The van der Waals surface area contributed by atoms with Crippen molar-refractivity contribution in [3.63, 3.8) is 0 Å². The molecule has 0 aromatic heterocycles. The van der Waals surface area contributed by atoms with Crippen LogP contribution >= 0.6 is 0 Å². The molecule has 2 amide bonds. The van der Waals surface area contributed by atoms with Crippen LogP contribution in [-0.2, 0) is 9.59 Å². The summed E-state index contributed by atoms with van der Waals surface area (Å²) in [4.78, 5) is 34.1. The number of amides is 2. The van der Waals surface area contributed by atoms with E-state index in [4.69, 9.17) is 0 Å². The zero-order valence-corrected chi connectivity index (χ0v) is 9.62. The first kappa shape index (κ1) is 12.0. The van der Waals surface area contributed by atoms with E-state index in [0.29, 0.717) is 17.8 Å². The van der Waals surface area contributed by atoms with Gasteiger partial charge >= 0.3 is 0 Å². The normalized spacial score (nSPS) is 18.6. The third kappa shape index (κ3) is 2.02. The zero-order valence-electron chi connectivity index (χ0n) is 9.62. The first-order valence-corrected chi connectivity index (χ1v) is 5.35. The van der Waals surface area contributed by atoms with Gasteiger partial charge in [0.05, 0.1) is 16.3 Å². The van der Waals surface area contributed by atoms with Crippen LogP contribution in [0.5, 0.6) is 0 Å². The third-order valence-electron chi connectivity index (χ3n) is 2.81. The molecule has 2 rings (SSSR count). The summed E-state index contributed by atoms with van der Waals surface area (Å²) in [5, 5.41) is 13.3. The van der Waals surface area contributed by atoms with Crippen LogP contribution in [0.4, 0.5) is 17.1 Å². The maximum atomic E-state index is 11.5. The summed E-state index contributed by atoms with van der Waals surface area (Å²) >= 11 is 0. The van der Waals surface area contributed by atoms with Gasteiger partial charge in [0.1, 0.15) is 0 Å². The fourth-order valence-electron chi connectivity index (χ4n) is 1.92. The Labute approximate surface area is 103 Å². The predicted octanol–water partition coefficient (Wildman–Crippen LogP) is 1.29. The number of hydrogen-bond donors (Lipinski definition) is 1. The second-order valence-corrected chi connectivity index (χ2v) is 4.07. The molecule has 0 fully saturated rings. The molecule has 7 nitrogen and oxygen atoms in total. The van der Waals surface area contributed by atoms with Crippen molar-refractivity contribution in [3.8, 4) is 0 Å². The number of rotatable bonds is 2. The summed E-state index contributed by atoms with van der Waals surface area (Å²) in [6.07, 6.45) is 0.731. The van der Waals surface area contributed by atoms with Crippen molar-refractivity contribution in [1.82, 2.24) is 0 Å². The van der Waals surface area contributed by atoms with Crippen molar-refractivity contribution >= 4 is 29.4 Å². The van der Waals surface area contributed by atoms with Gasteiger partial charge in [0.25, 0.3) is 5.69 Å². The number of nitro groups is 1. The third-order valence-corrected chi connectivity index (χ3v) is 2.81. The molecule has 18 heavy (non-hydrogen) atoms. The Kier molecular flexibility index (Phi) is 2.97. The summed E-state index contributed by atoms with van der Waals surface area (Å²) in [5.74, 6) is -0.220. The molecule has 1 aromatic rings. The van der Waals surface area contributed by atoms with Gasteiger partial charge < -0.3 is 10.2 Å². The Hall–Kier alpha value is -2.44. The van der Waals surface area contributed by atoms with Gasteiger partial charge in [-0.15, -0.1) is 0 Å². The minimum absolute atomic E-state index is 0.121. The molecule has 1 aliphatic rings. The Morgan fingerprint density at radius 3 is 2.89 bits per heavy atom. The maximum Gasteiger partial charge on any atom is 0.271 e. The molecule has 94 valence electrons. The molecule has 1 N–H and O–H groups in total. The Morgan fingerprint density at radius 2 is 2.28 bits per heavy atom. The highest BCUT2D eigenvalue weighted by Crippen LogP contribution is 2.33. The molecule has 1 unspecified atom stereocenters. The quantitative estimate of drug-likeness (QED) is 0.485. The van der Waals surface area contributed by atoms with Gasteiger partial charge in [-0.25, -0.2) is 0 Å². The van der Waals surface area contributed by atoms with E-state index in [2.05, 4.69) is 5.32 Å². The highest BCUT2D eigenvalue weighted by atomic mass is 16.6. The number of nitrogens with one attached hydrogen (secondary N) is 1. The standard InChI is InChI=1S/C11H11N3O4/c1-7-4-11(16)12-9-3-2-8(14(17)18)5-10(9)13(7)6-15/h2-3,5-7H,4H2,1H3,(H,12,16). The highest BCUT2D eigenvalue weighted by Gasteiger charge is 2.26. The van der Waals surface area contributed by atoms with Crippen LogP contribution in [0.3, 0.4) is 0 Å². The van der Waals surface area contributed by atoms with Crippen molar-refractivity contribution < 1.29 is 14.5 Å². The number of nitrogens with zero attached hydrogens (tertiary/aromatic N) is 2. The van der Waals surface area contributed by atoms with Crippen LogP contribution in [0.1, 0.15) is 13.3 Å². The van der Waals surface area contributed by atoms with Crippen LogP contribution in [-0.4, -0.2) is 23.3 Å². The molecule has 0 radical (unpaired) electrons. The average molecular weight is 249 g/mol. The van der Waals surface area contributed by atoms with Crippen LogP contribution in [0, 0.1) is 10.1 Å². The van der Waals surface area contributed by atoms with E-state index in [-0.39, 0.29) is 24.1 Å². The fraction of sp³-hybridized carbons (Fsp3) is 0.273. The van der Waals surface area contributed by atoms with Gasteiger partial charge in [0.2, 0.25) is 12.3 Å². The molecule has 1 heterocycles. The Bertz CT molecular complexity index is 529. The number of carbonyl (C=O) groups excluding carboxylic acids is 2. The molecule has 1 aromatic carbocycles. The van der Waals surface area contributed by atoms with Gasteiger partial charge in [-0.05, 0) is 13.0 Å². The van der Waals surface area contributed by atoms with Crippen molar-refractivity contribution in [3.05, 3.63) is 28.3 Å². The summed E-state index contributed by atoms with van der Waals surface area (Å²) < 4.78 is 0. The van der Waals surface area contributed by atoms with Gasteiger partial charge in [-0.2, -0.15) is 0 Å². The van der Waals surface area contributed by atoms with E-state index in [0.717, 1.165) is 0 Å². The van der Waals surface area contributed by atoms with Crippen molar-refractivity contribution in [1.29, 1.82) is 0 Å². The summed E-state index contributed by atoms with van der Waals surface area (Å²) in [6, 6.07) is 3.66. The van der Waals surface area contributed by atoms with Crippen molar-refractivity contribution in [2.45, 2.75) is 19.4 Å². The van der Waals surface area contributed by atoms with Crippen LogP contribution in [0.25, 0.3) is 0 Å². The molecular weight excluding hydrogens is 238 g/mol. The molecule has 0 bridgehead atoms. The van der Waals surface area contributed by atoms with E-state index < -0.39 is 4.92 Å². The fourth-order valence-corrected chi connectivity index (χ4v) is 1.92. The van der Waals surface area contributed by atoms with Crippen molar-refractivity contribution in [2.75, 3.05) is 10.2 Å². The zero-order chi connectivity index (χ0) is 13.3. The van der Waals surface area contributed by atoms with Gasteiger partial charge in [-0.3, -0.25) is 19.7 Å². The van der Waals surface area contributed by atoms with Gasteiger partial charge in [-0.1, -0.05) is 0 Å². The molecular formula is C11H11N3O4. The lowest BCUT2D eigenvalue weighted by Gasteiger charge is -2.22. The van der Waals surface area contributed by atoms with Crippen LogP contribution < -0.4 is 10.2 Å². The molecule has 0 aliphatic carbocycles. The SMILES string of the molecule is CC1CC(=O)Nc2ccc([N+](=O)[O-])cc2N1C=O. The molecule has 0 saturated carbocycles. The van der Waals surface area contributed by atoms with Crippen LogP contribution in [0.15, 0.2) is 18.2 Å². The number of carbonyl (C=O) groups is 2. The lowest BCUT2D eigenvalue weighted by atomic mass is 10.2. The number of anilines is 2. The lowest BCUT2D eigenvalue weighted by molar-refractivity contribution is -0.384. The van der Waals surface area contributed by atoms with E-state index in [1.54, 1.807) is 6.92 Å². The number of hydrogen-bond acceptors (Lipinski definition) is 4. The van der Waals surface area contributed by atoms with Crippen LogP contribution in [0.2, 0.25) is 0 Å². The topological polar surface area (TPSA) is 92.5 Å². The Morgan fingerprint density at radius 1 is 1.56 bits per heavy atom. The van der Waals surface area contributed by atoms with Gasteiger partial charge in [0.15, 0.2) is 0 Å². The smallest absolute Gasteiger partial charge is 0.271 e. The molecule has 1 aliphatic heterocycles. The lowest BCUT2D eigenvalue weighted by Crippen LogP contribution is -2.32. The summed E-state index contributed by atoms with van der Waals surface area (Å²) in [5.41, 5.74) is 0.628. The van der Waals surface area contributed by atoms with E-state index in [1.807, 2.05) is 0 Å². The predicted molar refractivity (Wildman–Crippen MR) is 64.3 cm³/mol. The monoisotopic (exact) mass is 249 g/mol. The molecule has 0 saturated heterocycles.